The van der Waals surface area contributed by atoms with Crippen molar-refractivity contribution >= 4 is 17.7 Å². The van der Waals surface area contributed by atoms with Crippen LogP contribution in [0, 0.1) is 20.8 Å². The van der Waals surface area contributed by atoms with Crippen LogP contribution in [0.4, 0.5) is 11.9 Å². The van der Waals surface area contributed by atoms with Gasteiger partial charge in [-0.15, -0.1) is 0 Å². The van der Waals surface area contributed by atoms with Crippen molar-refractivity contribution in [3.8, 4) is 5.75 Å². The molecular formula is C15H21N5O2. The third-order valence-electron chi connectivity index (χ3n) is 2.54. The van der Waals surface area contributed by atoms with Gasteiger partial charge in [-0.3, -0.25) is 4.79 Å². The number of carbonyl (C=O) groups is 1. The molecule has 2 rings (SSSR count). The number of rotatable bonds is 3. The van der Waals surface area contributed by atoms with E-state index in [2.05, 4.69) is 15.0 Å². The number of aromatic nitrogens is 3. The molecule has 22 heavy (non-hydrogen) atoms. The lowest BCUT2D eigenvalue weighted by Gasteiger charge is -2.07. The van der Waals surface area contributed by atoms with Crippen molar-refractivity contribution in [1.82, 2.24) is 15.0 Å². The molecule has 0 atom stereocenters. The van der Waals surface area contributed by atoms with Crippen molar-refractivity contribution < 1.29 is 9.53 Å². The average molecular weight is 303 g/mol. The molecule has 1 aromatic heterocycles. The van der Waals surface area contributed by atoms with Crippen molar-refractivity contribution in [2.45, 2.75) is 27.7 Å². The van der Waals surface area contributed by atoms with Crippen LogP contribution in [-0.4, -0.2) is 27.3 Å². The number of carbonyl (C=O) groups excluding carboxylic acids is 1. The van der Waals surface area contributed by atoms with E-state index in [1.165, 1.54) is 12.5 Å². The first kappa shape index (κ1) is 17.4. The number of nitrogen functional groups attached to an aromatic ring is 2. The van der Waals surface area contributed by atoms with Gasteiger partial charge in [0.25, 0.3) is 0 Å². The summed E-state index contributed by atoms with van der Waals surface area (Å²) in [6.07, 6.45) is 0. The Hall–Kier alpha value is -2.70. The zero-order valence-corrected chi connectivity index (χ0v) is 13.3. The van der Waals surface area contributed by atoms with Gasteiger partial charge in [-0.2, -0.15) is 15.0 Å². The summed E-state index contributed by atoms with van der Waals surface area (Å²) < 4.78 is 5.30. The summed E-state index contributed by atoms with van der Waals surface area (Å²) >= 11 is 0. The van der Waals surface area contributed by atoms with Gasteiger partial charge in [0, 0.05) is 0 Å². The minimum absolute atomic E-state index is 0.0416. The van der Waals surface area contributed by atoms with Gasteiger partial charge in [-0.25, -0.2) is 0 Å². The molecule has 7 nitrogen and oxygen atoms in total. The quantitative estimate of drug-likeness (QED) is 0.884. The monoisotopic (exact) mass is 303 g/mol. The van der Waals surface area contributed by atoms with E-state index in [-0.39, 0.29) is 24.3 Å². The first-order chi connectivity index (χ1) is 10.3. The standard InChI is InChI=1S/C11H14O2.C4H7N5/c1-8-4-5-11(9(2)6-8)13-7-10(3)12;1-2-7-3(5)9-4(6)8-2/h4-6H,7H2,1-3H3;1H3,(H4,5,6,7,8,9). The summed E-state index contributed by atoms with van der Waals surface area (Å²) in [6, 6.07) is 5.91. The number of hydrogen-bond acceptors (Lipinski definition) is 7. The first-order valence-electron chi connectivity index (χ1n) is 6.71. The highest BCUT2D eigenvalue weighted by Crippen LogP contribution is 2.18. The fourth-order valence-corrected chi connectivity index (χ4v) is 1.66. The maximum atomic E-state index is 10.7. The van der Waals surface area contributed by atoms with E-state index in [9.17, 15) is 4.79 Å². The van der Waals surface area contributed by atoms with E-state index in [1.807, 2.05) is 32.0 Å². The lowest BCUT2D eigenvalue weighted by atomic mass is 10.1. The number of anilines is 2. The number of hydrogen-bond donors (Lipinski definition) is 2. The van der Waals surface area contributed by atoms with Crippen molar-refractivity contribution in [1.29, 1.82) is 0 Å². The number of Topliss-reactive ketones (excluding diaryl/α,β-unsaturated/α-hetero) is 1. The minimum atomic E-state index is 0.0416. The van der Waals surface area contributed by atoms with Crippen LogP contribution in [0.15, 0.2) is 18.2 Å². The van der Waals surface area contributed by atoms with E-state index in [4.69, 9.17) is 16.2 Å². The molecule has 0 aliphatic rings. The van der Waals surface area contributed by atoms with E-state index >= 15 is 0 Å². The second-order valence-electron chi connectivity index (χ2n) is 4.86. The molecule has 7 heteroatoms. The van der Waals surface area contributed by atoms with Crippen molar-refractivity contribution in [3.05, 3.63) is 35.2 Å². The molecule has 118 valence electrons. The second-order valence-corrected chi connectivity index (χ2v) is 4.86. The van der Waals surface area contributed by atoms with Crippen molar-refractivity contribution in [2.75, 3.05) is 18.1 Å². The number of ketones is 1. The van der Waals surface area contributed by atoms with Crippen molar-refractivity contribution in [2.24, 2.45) is 0 Å². The van der Waals surface area contributed by atoms with Gasteiger partial charge in [0.05, 0.1) is 0 Å². The van der Waals surface area contributed by atoms with E-state index in [0.29, 0.717) is 5.82 Å². The van der Waals surface area contributed by atoms with Crippen LogP contribution in [0.2, 0.25) is 0 Å². The van der Waals surface area contributed by atoms with E-state index in [0.717, 1.165) is 11.3 Å². The molecule has 1 heterocycles. The maximum Gasteiger partial charge on any atom is 0.225 e. The maximum absolute atomic E-state index is 10.7. The topological polar surface area (TPSA) is 117 Å². The van der Waals surface area contributed by atoms with Crippen molar-refractivity contribution in [3.63, 3.8) is 0 Å². The Bertz CT molecular complexity index is 608. The van der Waals surface area contributed by atoms with Crippen LogP contribution in [0.25, 0.3) is 0 Å². The second kappa shape index (κ2) is 7.92. The highest BCUT2D eigenvalue weighted by Gasteiger charge is 2.00. The Morgan fingerprint density at radius 3 is 2.14 bits per heavy atom. The Labute approximate surface area is 129 Å². The van der Waals surface area contributed by atoms with Gasteiger partial charge in [-0.1, -0.05) is 17.7 Å². The highest BCUT2D eigenvalue weighted by molar-refractivity contribution is 5.77. The zero-order valence-electron chi connectivity index (χ0n) is 13.3. The number of benzene rings is 1. The molecule has 0 aliphatic heterocycles. The molecule has 4 N–H and O–H groups in total. The van der Waals surface area contributed by atoms with Crippen LogP contribution in [0.1, 0.15) is 23.9 Å². The summed E-state index contributed by atoms with van der Waals surface area (Å²) in [5.74, 6) is 1.71. The zero-order chi connectivity index (χ0) is 16.7. The van der Waals surface area contributed by atoms with Gasteiger partial charge in [-0.05, 0) is 39.3 Å². The summed E-state index contributed by atoms with van der Waals surface area (Å²) in [6.45, 7) is 7.38. The Morgan fingerprint density at radius 2 is 1.68 bits per heavy atom. The largest absolute Gasteiger partial charge is 0.486 e. The predicted molar refractivity (Wildman–Crippen MR) is 85.5 cm³/mol. The number of nitrogens with two attached hydrogens (primary N) is 2. The molecule has 0 bridgehead atoms. The fraction of sp³-hybridized carbons (Fsp3) is 0.333. The van der Waals surface area contributed by atoms with E-state index in [1.54, 1.807) is 6.92 Å². The van der Waals surface area contributed by atoms with Crippen LogP contribution in [-0.2, 0) is 4.79 Å². The number of nitrogens with zero attached hydrogens (tertiary/aromatic N) is 3. The summed E-state index contributed by atoms with van der Waals surface area (Å²) in [7, 11) is 0. The molecule has 0 radical (unpaired) electrons. The molecule has 0 saturated carbocycles. The number of ether oxygens (including phenoxy) is 1. The highest BCUT2D eigenvalue weighted by atomic mass is 16.5. The van der Waals surface area contributed by atoms with Crippen LogP contribution < -0.4 is 16.2 Å². The molecule has 0 amide bonds. The van der Waals surface area contributed by atoms with Gasteiger partial charge >= 0.3 is 0 Å². The number of aryl methyl sites for hydroxylation is 3. The minimum Gasteiger partial charge on any atom is -0.486 e. The molecule has 2 aromatic rings. The smallest absolute Gasteiger partial charge is 0.225 e. The molecule has 0 aliphatic carbocycles. The van der Waals surface area contributed by atoms with Crippen LogP contribution >= 0.6 is 0 Å². The van der Waals surface area contributed by atoms with Gasteiger partial charge < -0.3 is 16.2 Å². The van der Waals surface area contributed by atoms with Crippen LogP contribution in [0.3, 0.4) is 0 Å². The Morgan fingerprint density at radius 1 is 1.09 bits per heavy atom. The Balaban J connectivity index is 0.000000235. The van der Waals surface area contributed by atoms with E-state index < -0.39 is 0 Å². The third kappa shape index (κ3) is 6.17. The first-order valence-corrected chi connectivity index (χ1v) is 6.71. The Kier molecular flexibility index (Phi) is 6.25. The van der Waals surface area contributed by atoms with Gasteiger partial charge in [0.2, 0.25) is 11.9 Å². The average Bonchev–Trinajstić information content (AvgIpc) is 2.36. The molecule has 0 unspecified atom stereocenters. The fourth-order valence-electron chi connectivity index (χ4n) is 1.66. The molecule has 0 spiro atoms. The molecular weight excluding hydrogens is 282 g/mol. The molecule has 0 saturated heterocycles. The summed E-state index contributed by atoms with van der Waals surface area (Å²) in [4.78, 5) is 21.7. The summed E-state index contributed by atoms with van der Waals surface area (Å²) in [5, 5.41) is 0. The predicted octanol–water partition coefficient (Wildman–Crippen LogP) is 1.62. The lowest BCUT2D eigenvalue weighted by molar-refractivity contribution is -0.118. The normalized spacial score (nSPS) is 9.64. The summed E-state index contributed by atoms with van der Waals surface area (Å²) in [5.41, 5.74) is 12.7. The SMILES string of the molecule is CC(=O)COc1ccc(C)cc1C.Cc1nc(N)nc(N)n1. The lowest BCUT2D eigenvalue weighted by Crippen LogP contribution is -2.07. The molecule has 1 aromatic carbocycles. The van der Waals surface area contributed by atoms with Crippen LogP contribution in [0.5, 0.6) is 5.75 Å². The molecule has 0 fully saturated rings. The van der Waals surface area contributed by atoms with Gasteiger partial charge in [0.15, 0.2) is 5.78 Å². The third-order valence-corrected chi connectivity index (χ3v) is 2.54. The van der Waals surface area contributed by atoms with Gasteiger partial charge in [0.1, 0.15) is 18.2 Å².